The van der Waals surface area contributed by atoms with Gasteiger partial charge in [-0.25, -0.2) is 18.1 Å². The predicted molar refractivity (Wildman–Crippen MR) is 96.6 cm³/mol. The number of anilines is 1. The molecule has 2 N–H and O–H groups in total. The first-order valence-corrected chi connectivity index (χ1v) is 9.90. The van der Waals surface area contributed by atoms with E-state index < -0.39 is 33.4 Å². The summed E-state index contributed by atoms with van der Waals surface area (Å²) in [6, 6.07) is 3.86. The standard InChI is InChI=1S/C16H16F3N5O3S/c1-8(10-4-6-11(7-5-10)16(17,18)19)24-14-12(15(25)21-9(2)20-14)13(22-24)23-28(3,26)27/h4-8H,1-3H3,(H,22,23)(H,20,21,25). The van der Waals surface area contributed by atoms with Crippen molar-refractivity contribution in [2.45, 2.75) is 26.1 Å². The fraction of sp³-hybridized carbons (Fsp3) is 0.312. The Morgan fingerprint density at radius 1 is 1.21 bits per heavy atom. The monoisotopic (exact) mass is 415 g/mol. The van der Waals surface area contributed by atoms with Crippen LogP contribution < -0.4 is 10.3 Å². The van der Waals surface area contributed by atoms with Crippen LogP contribution in [0.4, 0.5) is 19.0 Å². The highest BCUT2D eigenvalue weighted by Gasteiger charge is 2.30. The van der Waals surface area contributed by atoms with Gasteiger partial charge in [-0.2, -0.15) is 18.3 Å². The number of hydrogen-bond donors (Lipinski definition) is 2. The van der Waals surface area contributed by atoms with Gasteiger partial charge in [-0.05, 0) is 31.5 Å². The van der Waals surface area contributed by atoms with Crippen LogP contribution in [-0.2, 0) is 16.2 Å². The molecule has 3 rings (SSSR count). The lowest BCUT2D eigenvalue weighted by Gasteiger charge is -2.15. The Kier molecular flexibility index (Phi) is 4.69. The molecule has 0 spiro atoms. The minimum Gasteiger partial charge on any atom is -0.310 e. The summed E-state index contributed by atoms with van der Waals surface area (Å²) in [5.74, 6) is 0.0780. The summed E-state index contributed by atoms with van der Waals surface area (Å²) in [7, 11) is -3.73. The first-order chi connectivity index (χ1) is 12.9. The molecule has 8 nitrogen and oxygen atoms in total. The van der Waals surface area contributed by atoms with E-state index in [0.29, 0.717) is 5.56 Å². The maximum Gasteiger partial charge on any atom is 0.416 e. The third-order valence-electron chi connectivity index (χ3n) is 4.05. The second-order valence-electron chi connectivity index (χ2n) is 6.31. The highest BCUT2D eigenvalue weighted by atomic mass is 32.2. The van der Waals surface area contributed by atoms with Crippen molar-refractivity contribution in [2.24, 2.45) is 0 Å². The molecule has 3 aromatic rings. The number of aryl methyl sites for hydroxylation is 1. The number of hydrogen-bond acceptors (Lipinski definition) is 5. The van der Waals surface area contributed by atoms with Crippen molar-refractivity contribution in [3.05, 3.63) is 51.6 Å². The Morgan fingerprint density at radius 3 is 2.36 bits per heavy atom. The summed E-state index contributed by atoms with van der Waals surface area (Å²) < 4.78 is 65.0. The Morgan fingerprint density at radius 2 is 1.82 bits per heavy atom. The average Bonchev–Trinajstić information content (AvgIpc) is 2.90. The van der Waals surface area contributed by atoms with Crippen LogP contribution in [0.3, 0.4) is 0 Å². The zero-order valence-corrected chi connectivity index (χ0v) is 15.8. The van der Waals surface area contributed by atoms with E-state index in [1.165, 1.54) is 16.8 Å². The van der Waals surface area contributed by atoms with Crippen molar-refractivity contribution in [3.8, 4) is 0 Å². The number of fused-ring (bicyclic) bond motifs is 1. The molecule has 0 amide bonds. The highest BCUT2D eigenvalue weighted by molar-refractivity contribution is 7.92. The molecular formula is C16H16F3N5O3S. The van der Waals surface area contributed by atoms with Gasteiger partial charge in [0.2, 0.25) is 10.0 Å². The maximum absolute atomic E-state index is 12.8. The second kappa shape index (κ2) is 6.62. The lowest BCUT2D eigenvalue weighted by Crippen LogP contribution is -2.14. The molecule has 2 aromatic heterocycles. The number of nitrogens with one attached hydrogen (secondary N) is 2. The summed E-state index contributed by atoms with van der Waals surface area (Å²) in [5.41, 5.74) is -0.791. The molecule has 2 heterocycles. The molecule has 0 fully saturated rings. The van der Waals surface area contributed by atoms with Gasteiger partial charge in [-0.1, -0.05) is 12.1 Å². The Bertz CT molecular complexity index is 1200. The van der Waals surface area contributed by atoms with Gasteiger partial charge in [-0.15, -0.1) is 0 Å². The SMILES string of the molecule is Cc1nc2c(c(NS(C)(=O)=O)nn2C(C)c2ccc(C(F)(F)F)cc2)c(=O)[nH]1. The lowest BCUT2D eigenvalue weighted by molar-refractivity contribution is -0.137. The number of sulfonamides is 1. The topological polar surface area (TPSA) is 110 Å². The summed E-state index contributed by atoms with van der Waals surface area (Å²) in [5, 5.41) is 4.09. The van der Waals surface area contributed by atoms with Gasteiger partial charge in [0.15, 0.2) is 11.5 Å². The van der Waals surface area contributed by atoms with Crippen LogP contribution in [0.25, 0.3) is 11.0 Å². The van der Waals surface area contributed by atoms with Crippen LogP contribution in [0, 0.1) is 6.92 Å². The van der Waals surface area contributed by atoms with E-state index >= 15 is 0 Å². The number of halogens is 3. The second-order valence-corrected chi connectivity index (χ2v) is 8.06. The van der Waals surface area contributed by atoms with E-state index in [-0.39, 0.29) is 22.7 Å². The third-order valence-corrected chi connectivity index (χ3v) is 4.61. The molecular weight excluding hydrogens is 399 g/mol. The molecule has 0 saturated carbocycles. The molecule has 150 valence electrons. The minimum atomic E-state index is -4.46. The number of H-pyrrole nitrogens is 1. The Hall–Kier alpha value is -2.89. The average molecular weight is 415 g/mol. The molecule has 0 aliphatic heterocycles. The van der Waals surface area contributed by atoms with Crippen LogP contribution in [0.5, 0.6) is 0 Å². The molecule has 1 unspecified atom stereocenters. The molecule has 0 aliphatic rings. The maximum atomic E-state index is 12.8. The van der Waals surface area contributed by atoms with Gasteiger partial charge in [-0.3, -0.25) is 9.52 Å². The first-order valence-electron chi connectivity index (χ1n) is 8.01. The smallest absolute Gasteiger partial charge is 0.310 e. The number of nitrogens with zero attached hydrogens (tertiary/aromatic N) is 3. The van der Waals surface area contributed by atoms with E-state index in [4.69, 9.17) is 0 Å². The van der Waals surface area contributed by atoms with Crippen LogP contribution in [0.2, 0.25) is 0 Å². The number of alkyl halides is 3. The first kappa shape index (κ1) is 19.9. The van der Waals surface area contributed by atoms with E-state index in [0.717, 1.165) is 18.4 Å². The number of aromatic amines is 1. The van der Waals surface area contributed by atoms with E-state index in [9.17, 15) is 26.4 Å². The molecule has 0 bridgehead atoms. The molecule has 1 atom stereocenters. The largest absolute Gasteiger partial charge is 0.416 e. The van der Waals surface area contributed by atoms with E-state index in [1.807, 2.05) is 0 Å². The quantitative estimate of drug-likeness (QED) is 0.680. The van der Waals surface area contributed by atoms with Gasteiger partial charge in [0, 0.05) is 0 Å². The van der Waals surface area contributed by atoms with Gasteiger partial charge in [0.05, 0.1) is 17.9 Å². The molecule has 0 saturated heterocycles. The summed E-state index contributed by atoms with van der Waals surface area (Å²) in [6.07, 6.45) is -3.55. The summed E-state index contributed by atoms with van der Waals surface area (Å²) in [6.45, 7) is 3.20. The van der Waals surface area contributed by atoms with Crippen LogP contribution >= 0.6 is 0 Å². The van der Waals surface area contributed by atoms with Crippen LogP contribution in [-0.4, -0.2) is 34.4 Å². The summed E-state index contributed by atoms with van der Waals surface area (Å²) >= 11 is 0. The Labute approximate surface area is 157 Å². The number of benzene rings is 1. The Balaban J connectivity index is 2.15. The zero-order valence-electron chi connectivity index (χ0n) is 15.0. The molecule has 0 aliphatic carbocycles. The van der Waals surface area contributed by atoms with E-state index in [2.05, 4.69) is 19.8 Å². The van der Waals surface area contributed by atoms with Crippen molar-refractivity contribution >= 4 is 26.9 Å². The van der Waals surface area contributed by atoms with Crippen molar-refractivity contribution in [3.63, 3.8) is 0 Å². The van der Waals surface area contributed by atoms with Gasteiger partial charge in [0.25, 0.3) is 5.56 Å². The molecule has 0 radical (unpaired) electrons. The van der Waals surface area contributed by atoms with Gasteiger partial charge >= 0.3 is 6.18 Å². The fourth-order valence-corrected chi connectivity index (χ4v) is 3.26. The van der Waals surface area contributed by atoms with Crippen molar-refractivity contribution < 1.29 is 21.6 Å². The summed E-state index contributed by atoms with van der Waals surface area (Å²) in [4.78, 5) is 19.0. The molecule has 1 aromatic carbocycles. The predicted octanol–water partition coefficient (Wildman–Crippen LogP) is 2.43. The highest BCUT2D eigenvalue weighted by Crippen LogP contribution is 2.31. The third kappa shape index (κ3) is 3.86. The zero-order chi connectivity index (χ0) is 20.9. The number of rotatable bonds is 4. The van der Waals surface area contributed by atoms with Crippen LogP contribution in [0.15, 0.2) is 29.1 Å². The molecule has 12 heteroatoms. The van der Waals surface area contributed by atoms with Crippen molar-refractivity contribution in [1.29, 1.82) is 0 Å². The van der Waals surface area contributed by atoms with Crippen LogP contribution in [0.1, 0.15) is 29.9 Å². The van der Waals surface area contributed by atoms with Crippen molar-refractivity contribution in [1.82, 2.24) is 19.7 Å². The fourth-order valence-electron chi connectivity index (χ4n) is 2.76. The lowest BCUT2D eigenvalue weighted by atomic mass is 10.1. The molecule has 28 heavy (non-hydrogen) atoms. The minimum absolute atomic E-state index is 0.0604. The van der Waals surface area contributed by atoms with Crippen molar-refractivity contribution in [2.75, 3.05) is 11.0 Å². The normalized spacial score (nSPS) is 13.6. The van der Waals surface area contributed by atoms with E-state index in [1.54, 1.807) is 13.8 Å². The van der Waals surface area contributed by atoms with Gasteiger partial charge < -0.3 is 4.98 Å². The van der Waals surface area contributed by atoms with Gasteiger partial charge in [0.1, 0.15) is 11.2 Å². The number of aromatic nitrogens is 4.